The number of benzene rings is 1. The summed E-state index contributed by atoms with van der Waals surface area (Å²) in [5.74, 6) is 0.355. The second-order valence-electron chi connectivity index (χ2n) is 6.44. The summed E-state index contributed by atoms with van der Waals surface area (Å²) in [6.07, 6.45) is 1.75. The first-order valence-corrected chi connectivity index (χ1v) is 6.95. The quantitative estimate of drug-likeness (QED) is 0.898. The molecule has 0 saturated carbocycles. The predicted octanol–water partition coefficient (Wildman–Crippen LogP) is 1.84. The van der Waals surface area contributed by atoms with Crippen molar-refractivity contribution in [2.24, 2.45) is 17.1 Å². The Morgan fingerprint density at radius 1 is 1.32 bits per heavy atom. The summed E-state index contributed by atoms with van der Waals surface area (Å²) in [5, 5.41) is 0. The molecule has 2 N–H and O–H groups in total. The van der Waals surface area contributed by atoms with Crippen molar-refractivity contribution in [3.63, 3.8) is 0 Å². The third-order valence-electron chi connectivity index (χ3n) is 3.99. The van der Waals surface area contributed by atoms with Crippen molar-refractivity contribution in [1.82, 2.24) is 4.90 Å². The number of carbonyl (C=O) groups excluding carboxylic acids is 1. The normalized spacial score (nSPS) is 15.4. The summed E-state index contributed by atoms with van der Waals surface area (Å²) in [4.78, 5) is 14.3. The molecule has 1 aromatic carbocycles. The van der Waals surface area contributed by atoms with E-state index in [0.717, 1.165) is 19.4 Å². The highest BCUT2D eigenvalue weighted by molar-refractivity contribution is 5.80. The molecule has 1 amide bonds. The number of hydrogen-bond acceptors (Lipinski definition) is 2. The predicted molar refractivity (Wildman–Crippen MR) is 77.8 cm³/mol. The Hall–Kier alpha value is -1.35. The number of rotatable bonds is 4. The summed E-state index contributed by atoms with van der Waals surface area (Å²) < 4.78 is 0. The first-order chi connectivity index (χ1) is 8.93. The van der Waals surface area contributed by atoms with Crippen molar-refractivity contribution in [2.75, 3.05) is 20.1 Å². The SMILES string of the molecule is CN(CC(C)(C)CN)C(=O)C1Cc2ccccc2C1. The van der Waals surface area contributed by atoms with Gasteiger partial charge in [-0.2, -0.15) is 0 Å². The number of amides is 1. The standard InChI is InChI=1S/C16H24N2O/c1-16(2,10-17)11-18(3)15(19)14-8-12-6-4-5-7-13(12)9-14/h4-7,14H,8-11,17H2,1-3H3. The van der Waals surface area contributed by atoms with E-state index in [2.05, 4.69) is 26.0 Å². The Balaban J connectivity index is 1.99. The lowest BCUT2D eigenvalue weighted by Gasteiger charge is -2.30. The summed E-state index contributed by atoms with van der Waals surface area (Å²) in [5.41, 5.74) is 8.37. The Bertz CT molecular complexity index is 443. The van der Waals surface area contributed by atoms with Gasteiger partial charge in [-0.15, -0.1) is 0 Å². The lowest BCUT2D eigenvalue weighted by Crippen LogP contribution is -2.42. The van der Waals surface area contributed by atoms with Gasteiger partial charge in [0.15, 0.2) is 0 Å². The maximum Gasteiger partial charge on any atom is 0.226 e. The zero-order valence-corrected chi connectivity index (χ0v) is 12.1. The van der Waals surface area contributed by atoms with Crippen LogP contribution in [0.15, 0.2) is 24.3 Å². The van der Waals surface area contributed by atoms with Gasteiger partial charge in [0.2, 0.25) is 5.91 Å². The highest BCUT2D eigenvalue weighted by Gasteiger charge is 2.31. The minimum Gasteiger partial charge on any atom is -0.345 e. The van der Waals surface area contributed by atoms with Crippen molar-refractivity contribution in [1.29, 1.82) is 0 Å². The molecule has 0 aromatic heterocycles. The molecule has 0 bridgehead atoms. The molecule has 0 aliphatic heterocycles. The van der Waals surface area contributed by atoms with Crippen molar-refractivity contribution < 1.29 is 4.79 Å². The highest BCUT2D eigenvalue weighted by atomic mass is 16.2. The summed E-state index contributed by atoms with van der Waals surface area (Å²) in [6, 6.07) is 8.36. The second kappa shape index (κ2) is 5.33. The first-order valence-electron chi connectivity index (χ1n) is 6.95. The maximum absolute atomic E-state index is 12.5. The lowest BCUT2D eigenvalue weighted by molar-refractivity contribution is -0.135. The number of nitrogens with zero attached hydrogens (tertiary/aromatic N) is 1. The van der Waals surface area contributed by atoms with Gasteiger partial charge >= 0.3 is 0 Å². The van der Waals surface area contributed by atoms with Crippen LogP contribution < -0.4 is 5.73 Å². The van der Waals surface area contributed by atoms with Gasteiger partial charge in [-0.25, -0.2) is 0 Å². The van der Waals surface area contributed by atoms with Crippen LogP contribution in [0.5, 0.6) is 0 Å². The van der Waals surface area contributed by atoms with Gasteiger partial charge in [-0.05, 0) is 35.9 Å². The minimum absolute atomic E-state index is 0.0180. The van der Waals surface area contributed by atoms with E-state index in [0.29, 0.717) is 6.54 Å². The molecule has 2 rings (SSSR count). The Labute approximate surface area is 115 Å². The van der Waals surface area contributed by atoms with E-state index in [1.807, 2.05) is 24.1 Å². The number of carbonyl (C=O) groups is 1. The average Bonchev–Trinajstić information content (AvgIpc) is 2.81. The number of hydrogen-bond donors (Lipinski definition) is 1. The molecular formula is C16H24N2O. The van der Waals surface area contributed by atoms with Gasteiger partial charge in [-0.1, -0.05) is 38.1 Å². The Kier molecular flexibility index (Phi) is 3.95. The van der Waals surface area contributed by atoms with E-state index >= 15 is 0 Å². The molecule has 0 atom stereocenters. The van der Waals surface area contributed by atoms with Crippen molar-refractivity contribution in [3.8, 4) is 0 Å². The highest BCUT2D eigenvalue weighted by Crippen LogP contribution is 2.28. The van der Waals surface area contributed by atoms with Gasteiger partial charge in [-0.3, -0.25) is 4.79 Å². The van der Waals surface area contributed by atoms with Crippen LogP contribution >= 0.6 is 0 Å². The smallest absolute Gasteiger partial charge is 0.226 e. The van der Waals surface area contributed by atoms with Crippen molar-refractivity contribution >= 4 is 5.91 Å². The minimum atomic E-state index is -0.0180. The molecule has 3 nitrogen and oxygen atoms in total. The molecule has 0 spiro atoms. The van der Waals surface area contributed by atoms with Crippen molar-refractivity contribution in [3.05, 3.63) is 35.4 Å². The summed E-state index contributed by atoms with van der Waals surface area (Å²) >= 11 is 0. The zero-order chi connectivity index (χ0) is 14.0. The van der Waals surface area contributed by atoms with Gasteiger partial charge in [0, 0.05) is 19.5 Å². The van der Waals surface area contributed by atoms with Crippen LogP contribution in [-0.4, -0.2) is 30.9 Å². The zero-order valence-electron chi connectivity index (χ0n) is 12.1. The second-order valence-corrected chi connectivity index (χ2v) is 6.44. The van der Waals surface area contributed by atoms with Crippen LogP contribution in [0.1, 0.15) is 25.0 Å². The molecule has 0 fully saturated rings. The largest absolute Gasteiger partial charge is 0.345 e. The molecule has 0 heterocycles. The molecule has 3 heteroatoms. The van der Waals surface area contributed by atoms with E-state index in [4.69, 9.17) is 5.73 Å². The van der Waals surface area contributed by atoms with Crippen LogP contribution in [0.4, 0.5) is 0 Å². The van der Waals surface area contributed by atoms with Crippen LogP contribution in [0, 0.1) is 11.3 Å². The third-order valence-corrected chi connectivity index (χ3v) is 3.99. The fraction of sp³-hybridized carbons (Fsp3) is 0.562. The van der Waals surface area contributed by atoms with Crippen LogP contribution in [0.25, 0.3) is 0 Å². The van der Waals surface area contributed by atoms with Gasteiger partial charge < -0.3 is 10.6 Å². The van der Waals surface area contributed by atoms with Gasteiger partial charge in [0.25, 0.3) is 0 Å². The van der Waals surface area contributed by atoms with Crippen molar-refractivity contribution in [2.45, 2.75) is 26.7 Å². The molecular weight excluding hydrogens is 236 g/mol. The fourth-order valence-corrected chi connectivity index (χ4v) is 2.83. The lowest BCUT2D eigenvalue weighted by atomic mass is 9.92. The molecule has 0 saturated heterocycles. The van der Waals surface area contributed by atoms with Crippen LogP contribution in [-0.2, 0) is 17.6 Å². The van der Waals surface area contributed by atoms with Crippen LogP contribution in [0.3, 0.4) is 0 Å². The van der Waals surface area contributed by atoms with E-state index in [-0.39, 0.29) is 17.2 Å². The summed E-state index contributed by atoms with van der Waals surface area (Å²) in [7, 11) is 1.89. The molecule has 0 radical (unpaired) electrons. The van der Waals surface area contributed by atoms with Gasteiger partial charge in [0.05, 0.1) is 0 Å². The Morgan fingerprint density at radius 3 is 2.32 bits per heavy atom. The molecule has 1 aliphatic carbocycles. The molecule has 104 valence electrons. The third kappa shape index (κ3) is 3.16. The molecule has 1 aromatic rings. The molecule has 1 aliphatic rings. The first kappa shape index (κ1) is 14.1. The average molecular weight is 260 g/mol. The van der Waals surface area contributed by atoms with Gasteiger partial charge in [0.1, 0.15) is 0 Å². The molecule has 0 unspecified atom stereocenters. The Morgan fingerprint density at radius 2 is 1.84 bits per heavy atom. The number of fused-ring (bicyclic) bond motifs is 1. The molecule has 19 heavy (non-hydrogen) atoms. The van der Waals surface area contributed by atoms with E-state index in [9.17, 15) is 4.79 Å². The topological polar surface area (TPSA) is 46.3 Å². The van der Waals surface area contributed by atoms with E-state index < -0.39 is 0 Å². The number of nitrogens with two attached hydrogens (primary N) is 1. The monoisotopic (exact) mass is 260 g/mol. The summed E-state index contributed by atoms with van der Waals surface area (Å²) in [6.45, 7) is 5.51. The fourth-order valence-electron chi connectivity index (χ4n) is 2.83. The van der Waals surface area contributed by atoms with E-state index in [1.165, 1.54) is 11.1 Å². The maximum atomic E-state index is 12.5. The van der Waals surface area contributed by atoms with E-state index in [1.54, 1.807) is 0 Å². The van der Waals surface area contributed by atoms with Crippen LogP contribution in [0.2, 0.25) is 0 Å².